The van der Waals surface area contributed by atoms with E-state index in [2.05, 4.69) is 10.6 Å². The summed E-state index contributed by atoms with van der Waals surface area (Å²) in [6.45, 7) is 5.14. The normalized spacial score (nSPS) is 10.3. The average molecular weight is 425 g/mol. The minimum absolute atomic E-state index is 0.207. The van der Waals surface area contributed by atoms with Crippen LogP contribution in [0.5, 0.6) is 11.5 Å². The monoisotopic (exact) mass is 424 g/mol. The van der Waals surface area contributed by atoms with Crippen LogP contribution in [-0.4, -0.2) is 31.6 Å². The fraction of sp³-hybridized carbons (Fsp3) is 0.300. The summed E-state index contributed by atoms with van der Waals surface area (Å²) in [5.74, 6) is -0.281. The predicted molar refractivity (Wildman–Crippen MR) is 111 cm³/mol. The number of nitrogens with one attached hydrogen (secondary N) is 2. The molecule has 8 heteroatoms. The minimum Gasteiger partial charge on any atom is -0.490 e. The number of rotatable bonds is 8. The molecule has 2 amide bonds. The molecule has 0 unspecified atom stereocenters. The number of para-hydroxylation sites is 1. The van der Waals surface area contributed by atoms with Gasteiger partial charge in [0.05, 0.1) is 28.9 Å². The lowest BCUT2D eigenvalue weighted by Gasteiger charge is -2.13. The Balaban J connectivity index is 1.91. The van der Waals surface area contributed by atoms with E-state index in [1.807, 2.05) is 32.0 Å². The van der Waals surface area contributed by atoms with E-state index in [1.165, 1.54) is 0 Å². The van der Waals surface area contributed by atoms with Crippen molar-refractivity contribution in [3.8, 4) is 11.5 Å². The molecule has 0 fully saturated rings. The topological polar surface area (TPSA) is 76.7 Å². The summed E-state index contributed by atoms with van der Waals surface area (Å²) >= 11 is 12.0. The Morgan fingerprint density at radius 3 is 2.21 bits per heavy atom. The Morgan fingerprint density at radius 1 is 0.929 bits per heavy atom. The lowest BCUT2D eigenvalue weighted by molar-refractivity contribution is -0.136. The number of hydrogen-bond donors (Lipinski definition) is 2. The summed E-state index contributed by atoms with van der Waals surface area (Å²) in [6, 6.07) is 10.4. The van der Waals surface area contributed by atoms with Gasteiger partial charge >= 0.3 is 11.8 Å². The Bertz CT molecular complexity index is 823. The van der Waals surface area contributed by atoms with E-state index >= 15 is 0 Å². The molecule has 0 bridgehead atoms. The van der Waals surface area contributed by atoms with E-state index in [9.17, 15) is 9.59 Å². The summed E-state index contributed by atoms with van der Waals surface area (Å²) in [5, 5.41) is 5.51. The van der Waals surface area contributed by atoms with Gasteiger partial charge in [0.2, 0.25) is 0 Å². The first-order chi connectivity index (χ1) is 13.5. The van der Waals surface area contributed by atoms with E-state index in [0.717, 1.165) is 5.56 Å². The number of carbonyl (C=O) groups is 2. The van der Waals surface area contributed by atoms with Gasteiger partial charge in [-0.25, -0.2) is 0 Å². The van der Waals surface area contributed by atoms with Crippen molar-refractivity contribution < 1.29 is 19.1 Å². The maximum atomic E-state index is 12.0. The molecule has 2 aromatic carbocycles. The predicted octanol–water partition coefficient (Wildman–Crippen LogP) is 4.09. The van der Waals surface area contributed by atoms with Crippen LogP contribution in [0.2, 0.25) is 10.0 Å². The SMILES string of the molecule is CCOc1ccc(CCNC(=O)C(=O)Nc2c(Cl)cccc2Cl)cc1OCC. The number of halogens is 2. The number of amides is 2. The van der Waals surface area contributed by atoms with Crippen LogP contribution in [0.15, 0.2) is 36.4 Å². The van der Waals surface area contributed by atoms with Crippen LogP contribution in [0.3, 0.4) is 0 Å². The van der Waals surface area contributed by atoms with Crippen molar-refractivity contribution in [2.45, 2.75) is 20.3 Å². The van der Waals surface area contributed by atoms with Crippen molar-refractivity contribution in [2.75, 3.05) is 25.1 Å². The van der Waals surface area contributed by atoms with Crippen molar-refractivity contribution in [1.29, 1.82) is 0 Å². The van der Waals surface area contributed by atoms with Crippen molar-refractivity contribution in [2.24, 2.45) is 0 Å². The van der Waals surface area contributed by atoms with Crippen molar-refractivity contribution >= 4 is 40.7 Å². The minimum atomic E-state index is -0.836. The molecule has 0 aromatic heterocycles. The third-order valence-electron chi connectivity index (χ3n) is 3.71. The van der Waals surface area contributed by atoms with Gasteiger partial charge in [-0.05, 0) is 50.1 Å². The lowest BCUT2D eigenvalue weighted by atomic mass is 10.1. The molecule has 0 aliphatic rings. The van der Waals surface area contributed by atoms with Gasteiger partial charge in [-0.1, -0.05) is 35.3 Å². The summed E-state index contributed by atoms with van der Waals surface area (Å²) in [5.41, 5.74) is 1.15. The molecule has 0 radical (unpaired) electrons. The molecule has 2 rings (SSSR count). The number of hydrogen-bond acceptors (Lipinski definition) is 4. The molecular weight excluding hydrogens is 403 g/mol. The van der Waals surface area contributed by atoms with Gasteiger partial charge in [-0.3, -0.25) is 9.59 Å². The van der Waals surface area contributed by atoms with Crippen molar-refractivity contribution in [3.05, 3.63) is 52.0 Å². The van der Waals surface area contributed by atoms with Gasteiger partial charge in [0.15, 0.2) is 11.5 Å². The molecule has 0 atom stereocenters. The van der Waals surface area contributed by atoms with Crippen LogP contribution >= 0.6 is 23.2 Å². The summed E-state index contributed by atoms with van der Waals surface area (Å²) < 4.78 is 11.1. The Labute approximate surface area is 174 Å². The molecule has 0 spiro atoms. The van der Waals surface area contributed by atoms with Gasteiger partial charge in [-0.15, -0.1) is 0 Å². The Hall–Kier alpha value is -2.44. The van der Waals surface area contributed by atoms with E-state index in [-0.39, 0.29) is 22.3 Å². The van der Waals surface area contributed by atoms with E-state index in [1.54, 1.807) is 18.2 Å². The van der Waals surface area contributed by atoms with Crippen molar-refractivity contribution in [3.63, 3.8) is 0 Å². The highest BCUT2D eigenvalue weighted by Gasteiger charge is 2.16. The maximum Gasteiger partial charge on any atom is 0.313 e. The third-order valence-corrected chi connectivity index (χ3v) is 4.34. The lowest BCUT2D eigenvalue weighted by Crippen LogP contribution is -2.36. The number of benzene rings is 2. The fourth-order valence-corrected chi connectivity index (χ4v) is 2.93. The molecular formula is C20H22Cl2N2O4. The van der Waals surface area contributed by atoms with Gasteiger partial charge < -0.3 is 20.1 Å². The van der Waals surface area contributed by atoms with E-state index in [0.29, 0.717) is 31.1 Å². The molecule has 2 N–H and O–H groups in total. The Morgan fingerprint density at radius 2 is 1.57 bits per heavy atom. The molecule has 0 heterocycles. The molecule has 0 aliphatic carbocycles. The summed E-state index contributed by atoms with van der Waals surface area (Å²) in [6.07, 6.45) is 0.526. The number of ether oxygens (including phenoxy) is 2. The molecule has 150 valence electrons. The first-order valence-corrected chi connectivity index (χ1v) is 9.63. The highest BCUT2D eigenvalue weighted by molar-refractivity contribution is 6.44. The molecule has 2 aromatic rings. The highest BCUT2D eigenvalue weighted by atomic mass is 35.5. The average Bonchev–Trinajstić information content (AvgIpc) is 2.67. The highest BCUT2D eigenvalue weighted by Crippen LogP contribution is 2.30. The van der Waals surface area contributed by atoms with Gasteiger partial charge in [0, 0.05) is 6.54 Å². The van der Waals surface area contributed by atoms with Crippen LogP contribution in [-0.2, 0) is 16.0 Å². The second-order valence-corrected chi connectivity index (χ2v) is 6.52. The molecule has 0 saturated carbocycles. The third kappa shape index (κ3) is 6.04. The molecule has 6 nitrogen and oxygen atoms in total. The number of carbonyl (C=O) groups excluding carboxylic acids is 2. The van der Waals surface area contributed by atoms with Crippen LogP contribution in [0.4, 0.5) is 5.69 Å². The van der Waals surface area contributed by atoms with Crippen LogP contribution < -0.4 is 20.1 Å². The second kappa shape index (κ2) is 10.8. The largest absolute Gasteiger partial charge is 0.490 e. The van der Waals surface area contributed by atoms with Crippen LogP contribution in [0.25, 0.3) is 0 Å². The van der Waals surface area contributed by atoms with E-state index in [4.69, 9.17) is 32.7 Å². The zero-order valence-corrected chi connectivity index (χ0v) is 17.2. The Kier molecular flexibility index (Phi) is 8.42. The quantitative estimate of drug-likeness (QED) is 0.625. The first kappa shape index (κ1) is 21.9. The number of anilines is 1. The zero-order valence-electron chi connectivity index (χ0n) is 15.7. The smallest absolute Gasteiger partial charge is 0.313 e. The van der Waals surface area contributed by atoms with Gasteiger partial charge in [0.1, 0.15) is 0 Å². The van der Waals surface area contributed by atoms with Crippen LogP contribution in [0.1, 0.15) is 19.4 Å². The maximum absolute atomic E-state index is 12.0. The zero-order chi connectivity index (χ0) is 20.5. The van der Waals surface area contributed by atoms with E-state index < -0.39 is 11.8 Å². The van der Waals surface area contributed by atoms with Gasteiger partial charge in [-0.2, -0.15) is 0 Å². The molecule has 0 saturated heterocycles. The van der Waals surface area contributed by atoms with Crippen LogP contribution in [0, 0.1) is 0 Å². The summed E-state index contributed by atoms with van der Waals surface area (Å²) in [4.78, 5) is 24.1. The summed E-state index contributed by atoms with van der Waals surface area (Å²) in [7, 11) is 0. The second-order valence-electron chi connectivity index (χ2n) is 5.70. The standard InChI is InChI=1S/C20H22Cl2N2O4/c1-3-27-16-9-8-13(12-17(16)28-4-2)10-11-23-19(25)20(26)24-18-14(21)6-5-7-15(18)22/h5-9,12H,3-4,10-11H2,1-2H3,(H,23,25)(H,24,26). The van der Waals surface area contributed by atoms with Crippen molar-refractivity contribution in [1.82, 2.24) is 5.32 Å². The molecule has 0 aliphatic heterocycles. The fourth-order valence-electron chi connectivity index (χ4n) is 2.44. The molecule has 28 heavy (non-hydrogen) atoms. The van der Waals surface area contributed by atoms with Gasteiger partial charge in [0.25, 0.3) is 0 Å². The first-order valence-electron chi connectivity index (χ1n) is 8.88.